The third-order valence-corrected chi connectivity index (χ3v) is 1.74. The van der Waals surface area contributed by atoms with Gasteiger partial charge in [0.05, 0.1) is 6.61 Å². The van der Waals surface area contributed by atoms with E-state index in [2.05, 4.69) is 0 Å². The number of hydrogen-bond acceptors (Lipinski definition) is 3. The SMILES string of the molecule is CCOC(=O)C1CS1. The van der Waals surface area contributed by atoms with Crippen LogP contribution in [0.1, 0.15) is 6.92 Å². The predicted octanol–water partition coefficient (Wildman–Crippen LogP) is 0.665. The number of thioether (sulfide) groups is 1. The maximum atomic E-state index is 10.6. The average molecular weight is 132 g/mol. The Labute approximate surface area is 52.6 Å². The molecule has 1 heterocycles. The first-order valence-corrected chi connectivity index (χ1v) is 3.67. The molecule has 0 aromatic carbocycles. The Kier molecular flexibility index (Phi) is 1.78. The lowest BCUT2D eigenvalue weighted by Crippen LogP contribution is -2.09. The van der Waals surface area contributed by atoms with Crippen LogP contribution in [0.25, 0.3) is 0 Å². The molecular weight excluding hydrogens is 124 g/mol. The summed E-state index contributed by atoms with van der Waals surface area (Å²) in [5.41, 5.74) is 0. The summed E-state index contributed by atoms with van der Waals surface area (Å²) in [4.78, 5) is 10.6. The number of carbonyl (C=O) groups excluding carboxylic acids is 1. The van der Waals surface area contributed by atoms with Crippen molar-refractivity contribution < 1.29 is 9.53 Å². The maximum Gasteiger partial charge on any atom is 0.319 e. The molecule has 0 spiro atoms. The van der Waals surface area contributed by atoms with Crippen LogP contribution in [-0.2, 0) is 9.53 Å². The zero-order valence-corrected chi connectivity index (χ0v) is 5.53. The molecule has 1 atom stereocenters. The van der Waals surface area contributed by atoms with E-state index in [9.17, 15) is 4.79 Å². The highest BCUT2D eigenvalue weighted by Crippen LogP contribution is 2.30. The van der Waals surface area contributed by atoms with Gasteiger partial charge in [0.15, 0.2) is 0 Å². The van der Waals surface area contributed by atoms with Gasteiger partial charge in [0.1, 0.15) is 5.25 Å². The molecule has 46 valence electrons. The maximum absolute atomic E-state index is 10.6. The fourth-order valence-electron chi connectivity index (χ4n) is 0.419. The average Bonchev–Trinajstić information content (AvgIpc) is 2.45. The van der Waals surface area contributed by atoms with Crippen LogP contribution >= 0.6 is 11.8 Å². The van der Waals surface area contributed by atoms with Crippen LogP contribution in [0.4, 0.5) is 0 Å². The van der Waals surface area contributed by atoms with Gasteiger partial charge in [-0.05, 0) is 6.92 Å². The van der Waals surface area contributed by atoms with Gasteiger partial charge >= 0.3 is 5.97 Å². The summed E-state index contributed by atoms with van der Waals surface area (Å²) in [7, 11) is 0. The van der Waals surface area contributed by atoms with Gasteiger partial charge in [-0.2, -0.15) is 0 Å². The summed E-state index contributed by atoms with van der Waals surface area (Å²) in [5, 5.41) is 0.176. The minimum atomic E-state index is -0.0440. The lowest BCUT2D eigenvalue weighted by Gasteiger charge is -1.94. The molecule has 0 N–H and O–H groups in total. The van der Waals surface area contributed by atoms with E-state index in [4.69, 9.17) is 4.74 Å². The zero-order chi connectivity index (χ0) is 5.98. The summed E-state index contributed by atoms with van der Waals surface area (Å²) in [6, 6.07) is 0. The summed E-state index contributed by atoms with van der Waals surface area (Å²) in [6.07, 6.45) is 0. The van der Waals surface area contributed by atoms with Gasteiger partial charge in [0.2, 0.25) is 0 Å². The van der Waals surface area contributed by atoms with E-state index in [1.807, 2.05) is 6.92 Å². The molecule has 0 saturated carbocycles. The fraction of sp³-hybridized carbons (Fsp3) is 0.800. The Balaban J connectivity index is 2.13. The molecule has 8 heavy (non-hydrogen) atoms. The molecular formula is C5H8O2S. The van der Waals surface area contributed by atoms with Crippen molar-refractivity contribution in [3.8, 4) is 0 Å². The Hall–Kier alpha value is -0.180. The quantitative estimate of drug-likeness (QED) is 0.408. The Morgan fingerprint density at radius 2 is 2.62 bits per heavy atom. The van der Waals surface area contributed by atoms with Crippen LogP contribution in [0.2, 0.25) is 0 Å². The van der Waals surface area contributed by atoms with Crippen LogP contribution in [0.3, 0.4) is 0 Å². The first-order chi connectivity index (χ1) is 3.84. The van der Waals surface area contributed by atoms with E-state index in [-0.39, 0.29) is 11.2 Å². The Morgan fingerprint density at radius 1 is 2.00 bits per heavy atom. The van der Waals surface area contributed by atoms with E-state index >= 15 is 0 Å². The van der Waals surface area contributed by atoms with E-state index in [0.29, 0.717) is 6.61 Å². The van der Waals surface area contributed by atoms with E-state index in [0.717, 1.165) is 5.75 Å². The third-order valence-electron chi connectivity index (χ3n) is 0.883. The molecule has 1 fully saturated rings. The molecule has 0 radical (unpaired) electrons. The van der Waals surface area contributed by atoms with Gasteiger partial charge in [-0.3, -0.25) is 4.79 Å². The Morgan fingerprint density at radius 3 is 3.00 bits per heavy atom. The van der Waals surface area contributed by atoms with Crippen molar-refractivity contribution in [3.63, 3.8) is 0 Å². The van der Waals surface area contributed by atoms with Crippen molar-refractivity contribution in [2.24, 2.45) is 0 Å². The second-order valence-corrected chi connectivity index (χ2v) is 2.81. The van der Waals surface area contributed by atoms with Crippen LogP contribution in [0, 0.1) is 0 Å². The second-order valence-electron chi connectivity index (χ2n) is 1.57. The van der Waals surface area contributed by atoms with Gasteiger partial charge in [-0.15, -0.1) is 11.8 Å². The summed E-state index contributed by atoms with van der Waals surface area (Å²) in [5.74, 6) is 0.913. The highest BCUT2D eigenvalue weighted by atomic mass is 32.2. The van der Waals surface area contributed by atoms with Gasteiger partial charge in [0.25, 0.3) is 0 Å². The standard InChI is InChI=1S/C5H8O2S/c1-2-7-5(6)4-3-8-4/h4H,2-3H2,1H3. The van der Waals surface area contributed by atoms with Crippen molar-refractivity contribution in [2.75, 3.05) is 12.4 Å². The van der Waals surface area contributed by atoms with Crippen molar-refractivity contribution in [3.05, 3.63) is 0 Å². The topological polar surface area (TPSA) is 26.3 Å². The lowest BCUT2D eigenvalue weighted by molar-refractivity contribution is -0.141. The third kappa shape index (κ3) is 1.40. The second kappa shape index (κ2) is 2.40. The molecule has 1 rings (SSSR count). The van der Waals surface area contributed by atoms with Crippen LogP contribution in [0.15, 0.2) is 0 Å². The number of carbonyl (C=O) groups is 1. The van der Waals surface area contributed by atoms with Crippen LogP contribution in [-0.4, -0.2) is 23.6 Å². The minimum absolute atomic E-state index is 0.0440. The van der Waals surface area contributed by atoms with Gasteiger partial charge in [-0.25, -0.2) is 0 Å². The molecule has 0 bridgehead atoms. The normalized spacial score (nSPS) is 24.9. The van der Waals surface area contributed by atoms with Crippen molar-refractivity contribution >= 4 is 17.7 Å². The van der Waals surface area contributed by atoms with Crippen LogP contribution < -0.4 is 0 Å². The lowest BCUT2D eigenvalue weighted by atomic mass is 10.5. The van der Waals surface area contributed by atoms with Gasteiger partial charge in [-0.1, -0.05) is 0 Å². The Bertz CT molecular complexity index is 98.6. The first-order valence-electron chi connectivity index (χ1n) is 2.63. The molecule has 3 heteroatoms. The molecule has 0 aromatic rings. The smallest absolute Gasteiger partial charge is 0.319 e. The minimum Gasteiger partial charge on any atom is -0.465 e. The van der Waals surface area contributed by atoms with Crippen LogP contribution in [0.5, 0.6) is 0 Å². The van der Waals surface area contributed by atoms with Crippen molar-refractivity contribution in [1.82, 2.24) is 0 Å². The van der Waals surface area contributed by atoms with Crippen molar-refractivity contribution in [2.45, 2.75) is 12.2 Å². The van der Waals surface area contributed by atoms with Crippen molar-refractivity contribution in [1.29, 1.82) is 0 Å². The highest BCUT2D eigenvalue weighted by molar-refractivity contribution is 8.07. The summed E-state index contributed by atoms with van der Waals surface area (Å²) >= 11 is 1.64. The molecule has 0 amide bonds. The van der Waals surface area contributed by atoms with E-state index in [1.165, 1.54) is 0 Å². The molecule has 1 aliphatic rings. The monoisotopic (exact) mass is 132 g/mol. The van der Waals surface area contributed by atoms with Gasteiger partial charge in [0, 0.05) is 5.75 Å². The van der Waals surface area contributed by atoms with Gasteiger partial charge < -0.3 is 4.74 Å². The van der Waals surface area contributed by atoms with E-state index in [1.54, 1.807) is 11.8 Å². The fourth-order valence-corrected chi connectivity index (χ4v) is 0.856. The molecule has 0 aromatic heterocycles. The first kappa shape index (κ1) is 5.95. The molecule has 1 aliphatic heterocycles. The van der Waals surface area contributed by atoms with E-state index < -0.39 is 0 Å². The predicted molar refractivity (Wildman–Crippen MR) is 32.9 cm³/mol. The number of ether oxygens (including phenoxy) is 1. The molecule has 1 unspecified atom stereocenters. The molecule has 1 saturated heterocycles. The highest BCUT2D eigenvalue weighted by Gasteiger charge is 2.31. The zero-order valence-electron chi connectivity index (χ0n) is 4.72. The molecule has 0 aliphatic carbocycles. The summed E-state index contributed by atoms with van der Waals surface area (Å²) in [6.45, 7) is 2.33. The molecule has 2 nitrogen and oxygen atoms in total. The number of hydrogen-bond donors (Lipinski definition) is 0. The number of esters is 1. The number of rotatable bonds is 2. The summed E-state index contributed by atoms with van der Waals surface area (Å²) < 4.78 is 4.71. The largest absolute Gasteiger partial charge is 0.465 e.